The van der Waals surface area contributed by atoms with Gasteiger partial charge in [0.15, 0.2) is 0 Å². The first-order valence-corrected chi connectivity index (χ1v) is 13.4. The number of nitrogens with one attached hydrogen (secondary N) is 1. The lowest BCUT2D eigenvalue weighted by atomic mass is 10.0. The van der Waals surface area contributed by atoms with Crippen molar-refractivity contribution in [1.82, 2.24) is 10.3 Å². The standard InChI is InChI=1S/C30H25BrClN3O5/c31-29-22(7-4-8-24(29)21-5-2-1-3-6-21)18-40-28-11-27(39-17-20-9-19(12-33)13-34-14-20)23(10-25(28)32)15-35-26(16-36)30(37)38/h1-11,13-14,26,35-36H,15-18H2,(H,37,38)/t26-/m0/s1. The first kappa shape index (κ1) is 29.1. The van der Waals surface area contributed by atoms with Gasteiger partial charge in [0.05, 0.1) is 17.2 Å². The van der Waals surface area contributed by atoms with Crippen LogP contribution in [0.5, 0.6) is 11.5 Å². The Bertz CT molecular complexity index is 1530. The molecule has 0 spiro atoms. The molecule has 8 nitrogen and oxygen atoms in total. The van der Waals surface area contributed by atoms with E-state index in [2.05, 4.69) is 26.2 Å². The number of aliphatic carboxylic acids is 1. The number of hydrogen-bond donors (Lipinski definition) is 3. The van der Waals surface area contributed by atoms with Gasteiger partial charge in [0.1, 0.15) is 36.8 Å². The number of hydrogen-bond acceptors (Lipinski definition) is 7. The molecule has 0 radical (unpaired) electrons. The van der Waals surface area contributed by atoms with Crippen molar-refractivity contribution in [1.29, 1.82) is 5.26 Å². The summed E-state index contributed by atoms with van der Waals surface area (Å²) in [4.78, 5) is 15.4. The number of nitrogens with zero attached hydrogens (tertiary/aromatic N) is 2. The Morgan fingerprint density at radius 3 is 2.52 bits per heavy atom. The SMILES string of the molecule is N#Cc1cncc(COc2cc(OCc3cccc(-c4ccccc4)c3Br)c(Cl)cc2CN[C@@H](CO)C(=O)O)c1. The van der Waals surface area contributed by atoms with Crippen LogP contribution >= 0.6 is 27.5 Å². The molecule has 0 bridgehead atoms. The Kier molecular flexibility index (Phi) is 10.1. The van der Waals surface area contributed by atoms with E-state index >= 15 is 0 Å². The Hall–Kier alpha value is -3.94. The maximum absolute atomic E-state index is 11.4. The third-order valence-corrected chi connectivity index (χ3v) is 7.23. The Morgan fingerprint density at radius 2 is 1.80 bits per heavy atom. The molecule has 40 heavy (non-hydrogen) atoms. The van der Waals surface area contributed by atoms with Crippen molar-refractivity contribution in [2.24, 2.45) is 0 Å². The number of ether oxygens (including phenoxy) is 2. The lowest BCUT2D eigenvalue weighted by Crippen LogP contribution is -2.39. The van der Waals surface area contributed by atoms with Crippen molar-refractivity contribution >= 4 is 33.5 Å². The van der Waals surface area contributed by atoms with Crippen molar-refractivity contribution in [3.05, 3.63) is 111 Å². The third-order valence-electron chi connectivity index (χ3n) is 6.00. The molecule has 0 fully saturated rings. The first-order chi connectivity index (χ1) is 19.4. The smallest absolute Gasteiger partial charge is 0.323 e. The molecule has 0 amide bonds. The average molecular weight is 623 g/mol. The number of benzene rings is 3. The van der Waals surface area contributed by atoms with Gasteiger partial charge in [-0.25, -0.2) is 0 Å². The molecule has 1 heterocycles. The minimum atomic E-state index is -1.18. The Labute approximate surface area is 244 Å². The van der Waals surface area contributed by atoms with Gasteiger partial charge in [-0.3, -0.25) is 15.1 Å². The molecule has 4 aromatic rings. The van der Waals surface area contributed by atoms with Gasteiger partial charge in [0.2, 0.25) is 0 Å². The molecule has 3 aromatic carbocycles. The highest BCUT2D eigenvalue weighted by Crippen LogP contribution is 2.36. The summed E-state index contributed by atoms with van der Waals surface area (Å²) < 4.78 is 13.1. The minimum Gasteiger partial charge on any atom is -0.488 e. The number of aliphatic hydroxyl groups is 1. The third kappa shape index (κ3) is 7.37. The van der Waals surface area contributed by atoms with Gasteiger partial charge in [0.25, 0.3) is 0 Å². The normalized spacial score (nSPS) is 11.4. The van der Waals surface area contributed by atoms with Gasteiger partial charge in [-0.05, 0) is 39.2 Å². The molecule has 3 N–H and O–H groups in total. The zero-order valence-corrected chi connectivity index (χ0v) is 23.5. The lowest BCUT2D eigenvalue weighted by molar-refractivity contribution is -0.140. The molecule has 1 atom stereocenters. The number of halogens is 2. The van der Waals surface area contributed by atoms with E-state index in [0.29, 0.717) is 33.2 Å². The molecular formula is C30H25BrClN3O5. The number of aromatic nitrogens is 1. The molecule has 204 valence electrons. The van der Waals surface area contributed by atoms with Crippen LogP contribution in [0.15, 0.2) is 83.6 Å². The summed E-state index contributed by atoms with van der Waals surface area (Å²) in [6.07, 6.45) is 3.05. The predicted octanol–water partition coefficient (Wildman–Crippen LogP) is 5.73. The topological polar surface area (TPSA) is 125 Å². The van der Waals surface area contributed by atoms with Crippen LogP contribution in [0.2, 0.25) is 5.02 Å². The maximum Gasteiger partial charge on any atom is 0.323 e. The summed E-state index contributed by atoms with van der Waals surface area (Å²) in [5.74, 6) is -0.412. The number of nitriles is 1. The van der Waals surface area contributed by atoms with E-state index in [0.717, 1.165) is 21.2 Å². The molecule has 4 rings (SSSR count). The fraction of sp³-hybridized carbons (Fsp3) is 0.167. The second-order valence-corrected chi connectivity index (χ2v) is 9.96. The van der Waals surface area contributed by atoms with Crippen LogP contribution < -0.4 is 14.8 Å². The molecule has 0 unspecified atom stereocenters. The number of carboxylic acids is 1. The molecule has 10 heteroatoms. The summed E-state index contributed by atoms with van der Waals surface area (Å²) in [6.45, 7) is -0.195. The van der Waals surface area contributed by atoms with Gasteiger partial charge in [-0.1, -0.05) is 60.1 Å². The van der Waals surface area contributed by atoms with Gasteiger partial charge >= 0.3 is 5.97 Å². The van der Waals surface area contributed by atoms with Crippen LogP contribution in [-0.2, 0) is 24.6 Å². The van der Waals surface area contributed by atoms with E-state index in [4.69, 9.17) is 26.3 Å². The van der Waals surface area contributed by atoms with E-state index in [9.17, 15) is 15.0 Å². The van der Waals surface area contributed by atoms with Gasteiger partial charge in [0, 0.05) is 46.2 Å². The maximum atomic E-state index is 11.4. The Balaban J connectivity index is 1.58. The zero-order chi connectivity index (χ0) is 28.5. The number of pyridine rings is 1. The van der Waals surface area contributed by atoms with E-state index in [1.165, 1.54) is 6.20 Å². The molecule has 0 aliphatic carbocycles. The largest absolute Gasteiger partial charge is 0.488 e. The van der Waals surface area contributed by atoms with Crippen molar-refractivity contribution in [3.63, 3.8) is 0 Å². The van der Waals surface area contributed by atoms with Crippen LogP contribution in [0.3, 0.4) is 0 Å². The van der Waals surface area contributed by atoms with Crippen LogP contribution in [0, 0.1) is 11.3 Å². The second-order valence-electron chi connectivity index (χ2n) is 8.76. The molecule has 0 saturated carbocycles. The van der Waals surface area contributed by atoms with Gasteiger partial charge in [-0.15, -0.1) is 0 Å². The van der Waals surface area contributed by atoms with E-state index in [-0.39, 0.29) is 19.8 Å². The molecule has 0 aliphatic rings. The summed E-state index contributed by atoms with van der Waals surface area (Å²) in [7, 11) is 0. The van der Waals surface area contributed by atoms with Crippen molar-refractivity contribution in [2.75, 3.05) is 6.61 Å². The summed E-state index contributed by atoms with van der Waals surface area (Å²) in [6, 6.07) is 21.8. The summed E-state index contributed by atoms with van der Waals surface area (Å²) >= 11 is 10.3. The monoisotopic (exact) mass is 621 g/mol. The molecule has 1 aromatic heterocycles. The highest BCUT2D eigenvalue weighted by atomic mass is 79.9. The van der Waals surface area contributed by atoms with Crippen LogP contribution in [-0.4, -0.2) is 33.8 Å². The van der Waals surface area contributed by atoms with E-state index < -0.39 is 18.6 Å². The summed E-state index contributed by atoms with van der Waals surface area (Å²) in [5.41, 5.74) is 4.66. The molecule has 0 saturated heterocycles. The second kappa shape index (κ2) is 13.9. The summed E-state index contributed by atoms with van der Waals surface area (Å²) in [5, 5.41) is 30.9. The average Bonchev–Trinajstić information content (AvgIpc) is 2.97. The van der Waals surface area contributed by atoms with Crippen molar-refractivity contribution < 1.29 is 24.5 Å². The molecule has 0 aliphatic heterocycles. The quantitative estimate of drug-likeness (QED) is 0.183. The van der Waals surface area contributed by atoms with Gasteiger partial charge in [-0.2, -0.15) is 5.26 Å². The number of aliphatic hydroxyl groups excluding tert-OH is 1. The van der Waals surface area contributed by atoms with Crippen LogP contribution in [0.25, 0.3) is 11.1 Å². The highest BCUT2D eigenvalue weighted by Gasteiger charge is 2.18. The van der Waals surface area contributed by atoms with Crippen molar-refractivity contribution in [3.8, 4) is 28.7 Å². The number of rotatable bonds is 12. The first-order valence-electron chi connectivity index (χ1n) is 12.2. The van der Waals surface area contributed by atoms with E-state index in [1.54, 1.807) is 24.4 Å². The highest BCUT2D eigenvalue weighted by molar-refractivity contribution is 9.10. The zero-order valence-electron chi connectivity index (χ0n) is 21.2. The predicted molar refractivity (Wildman–Crippen MR) is 154 cm³/mol. The Morgan fingerprint density at radius 1 is 1.02 bits per heavy atom. The van der Waals surface area contributed by atoms with Crippen LogP contribution in [0.1, 0.15) is 22.3 Å². The fourth-order valence-corrected chi connectivity index (χ4v) is 4.75. The van der Waals surface area contributed by atoms with Crippen molar-refractivity contribution in [2.45, 2.75) is 25.8 Å². The number of carboxylic acid groups (broad SMARTS) is 1. The fourth-order valence-electron chi connectivity index (χ4n) is 3.90. The van der Waals surface area contributed by atoms with E-state index in [1.807, 2.05) is 54.6 Å². The minimum absolute atomic E-state index is 0.0635. The van der Waals surface area contributed by atoms with Gasteiger partial charge < -0.3 is 19.7 Å². The lowest BCUT2D eigenvalue weighted by Gasteiger charge is -2.18. The van der Waals surface area contributed by atoms with Crippen LogP contribution in [0.4, 0.5) is 0 Å². The number of carbonyl (C=O) groups is 1. The molecular weight excluding hydrogens is 598 g/mol.